The number of nitrogens with zero attached hydrogens (tertiary/aromatic N) is 2. The molecular formula is C15H19N3O2S. The number of amides is 1. The second kappa shape index (κ2) is 7.26. The number of rotatable bonds is 6. The summed E-state index contributed by atoms with van der Waals surface area (Å²) in [5.74, 6) is 0.458. The van der Waals surface area contributed by atoms with Crippen LogP contribution < -0.4 is 5.32 Å². The van der Waals surface area contributed by atoms with Gasteiger partial charge in [-0.05, 0) is 32.4 Å². The van der Waals surface area contributed by atoms with Crippen LogP contribution in [0.5, 0.6) is 0 Å². The SMILES string of the molecule is CCCNC(=O)[C@H](C)Sc1nnc(-c2cccc(C)c2)o1. The van der Waals surface area contributed by atoms with Gasteiger partial charge in [0.05, 0.1) is 5.25 Å². The van der Waals surface area contributed by atoms with E-state index in [4.69, 9.17) is 4.42 Å². The number of hydrogen-bond donors (Lipinski definition) is 1. The lowest BCUT2D eigenvalue weighted by atomic mass is 10.1. The first-order chi connectivity index (χ1) is 10.1. The van der Waals surface area contributed by atoms with Crippen molar-refractivity contribution in [2.75, 3.05) is 6.54 Å². The van der Waals surface area contributed by atoms with Crippen LogP contribution in [-0.2, 0) is 4.79 Å². The van der Waals surface area contributed by atoms with Crippen LogP contribution >= 0.6 is 11.8 Å². The van der Waals surface area contributed by atoms with Crippen LogP contribution in [0.15, 0.2) is 33.9 Å². The molecule has 0 saturated heterocycles. The predicted octanol–water partition coefficient (Wildman–Crippen LogP) is 3.05. The number of thioether (sulfide) groups is 1. The molecule has 0 bridgehead atoms. The minimum atomic E-state index is -0.262. The van der Waals surface area contributed by atoms with E-state index in [2.05, 4.69) is 15.5 Å². The Morgan fingerprint density at radius 2 is 2.24 bits per heavy atom. The molecule has 0 aliphatic carbocycles. The highest BCUT2D eigenvalue weighted by atomic mass is 32.2. The zero-order valence-electron chi connectivity index (χ0n) is 12.4. The number of aryl methyl sites for hydroxylation is 1. The number of carbonyl (C=O) groups excluding carboxylic acids is 1. The van der Waals surface area contributed by atoms with Gasteiger partial charge in [-0.1, -0.05) is 36.4 Å². The van der Waals surface area contributed by atoms with Crippen molar-refractivity contribution < 1.29 is 9.21 Å². The molecule has 0 aliphatic rings. The third-order valence-corrected chi connectivity index (χ3v) is 3.80. The van der Waals surface area contributed by atoms with Gasteiger partial charge in [-0.2, -0.15) is 0 Å². The third-order valence-electron chi connectivity index (χ3n) is 2.87. The smallest absolute Gasteiger partial charge is 0.277 e. The number of hydrogen-bond acceptors (Lipinski definition) is 5. The Balaban J connectivity index is 2.01. The summed E-state index contributed by atoms with van der Waals surface area (Å²) < 4.78 is 5.61. The molecule has 0 aliphatic heterocycles. The van der Waals surface area contributed by atoms with Crippen molar-refractivity contribution in [2.45, 2.75) is 37.7 Å². The van der Waals surface area contributed by atoms with Crippen LogP contribution in [0.2, 0.25) is 0 Å². The molecule has 6 heteroatoms. The second-order valence-corrected chi connectivity index (χ2v) is 6.09. The maximum atomic E-state index is 11.8. The topological polar surface area (TPSA) is 68.0 Å². The van der Waals surface area contributed by atoms with Crippen molar-refractivity contribution in [3.8, 4) is 11.5 Å². The lowest BCUT2D eigenvalue weighted by molar-refractivity contribution is -0.120. The van der Waals surface area contributed by atoms with Crippen molar-refractivity contribution in [2.24, 2.45) is 0 Å². The summed E-state index contributed by atoms with van der Waals surface area (Å²) >= 11 is 1.27. The van der Waals surface area contributed by atoms with Crippen LogP contribution in [0.4, 0.5) is 0 Å². The fourth-order valence-electron chi connectivity index (χ4n) is 1.75. The quantitative estimate of drug-likeness (QED) is 0.831. The summed E-state index contributed by atoms with van der Waals surface area (Å²) in [6.45, 7) is 6.54. The fourth-order valence-corrected chi connectivity index (χ4v) is 2.46. The summed E-state index contributed by atoms with van der Waals surface area (Å²) in [6, 6.07) is 7.86. The summed E-state index contributed by atoms with van der Waals surface area (Å²) in [6.07, 6.45) is 0.918. The van der Waals surface area contributed by atoms with Gasteiger partial charge in [-0.25, -0.2) is 0 Å². The van der Waals surface area contributed by atoms with Crippen LogP contribution in [0, 0.1) is 6.92 Å². The minimum Gasteiger partial charge on any atom is -0.411 e. The molecule has 112 valence electrons. The van der Waals surface area contributed by atoms with Gasteiger partial charge in [0.15, 0.2) is 0 Å². The van der Waals surface area contributed by atoms with E-state index in [9.17, 15) is 4.79 Å². The highest BCUT2D eigenvalue weighted by Crippen LogP contribution is 2.26. The number of nitrogens with one attached hydrogen (secondary N) is 1. The first-order valence-corrected chi connectivity index (χ1v) is 7.83. The zero-order chi connectivity index (χ0) is 15.2. The van der Waals surface area contributed by atoms with E-state index < -0.39 is 0 Å². The molecule has 1 aromatic heterocycles. The van der Waals surface area contributed by atoms with Crippen LogP contribution in [0.25, 0.3) is 11.5 Å². The van der Waals surface area contributed by atoms with Gasteiger partial charge in [-0.3, -0.25) is 4.79 Å². The van der Waals surface area contributed by atoms with E-state index in [1.807, 2.05) is 45.0 Å². The Kier molecular flexibility index (Phi) is 5.38. The van der Waals surface area contributed by atoms with Crippen molar-refractivity contribution in [3.05, 3.63) is 29.8 Å². The highest BCUT2D eigenvalue weighted by Gasteiger charge is 2.18. The Bertz CT molecular complexity index is 612. The second-order valence-electron chi connectivity index (χ2n) is 4.79. The van der Waals surface area contributed by atoms with Gasteiger partial charge in [0.2, 0.25) is 11.8 Å². The summed E-state index contributed by atoms with van der Waals surface area (Å²) in [5, 5.41) is 11.0. The zero-order valence-corrected chi connectivity index (χ0v) is 13.2. The molecule has 0 radical (unpaired) electrons. The van der Waals surface area contributed by atoms with Crippen molar-refractivity contribution in [1.82, 2.24) is 15.5 Å². The first-order valence-electron chi connectivity index (χ1n) is 6.95. The van der Waals surface area contributed by atoms with Crippen LogP contribution in [0.3, 0.4) is 0 Å². The van der Waals surface area contributed by atoms with E-state index in [1.165, 1.54) is 11.8 Å². The third kappa shape index (κ3) is 4.32. The normalized spacial score (nSPS) is 12.1. The molecule has 1 N–H and O–H groups in total. The van der Waals surface area contributed by atoms with Gasteiger partial charge in [0, 0.05) is 12.1 Å². The molecule has 0 spiro atoms. The summed E-state index contributed by atoms with van der Waals surface area (Å²) in [5.41, 5.74) is 2.02. The predicted molar refractivity (Wildman–Crippen MR) is 83.1 cm³/mol. The maximum absolute atomic E-state index is 11.8. The minimum absolute atomic E-state index is 0.0165. The van der Waals surface area contributed by atoms with Gasteiger partial charge in [0.1, 0.15) is 0 Å². The van der Waals surface area contributed by atoms with Crippen molar-refractivity contribution in [1.29, 1.82) is 0 Å². The fraction of sp³-hybridized carbons (Fsp3) is 0.400. The molecule has 5 nitrogen and oxygen atoms in total. The van der Waals surface area contributed by atoms with Gasteiger partial charge >= 0.3 is 0 Å². The van der Waals surface area contributed by atoms with Crippen molar-refractivity contribution >= 4 is 17.7 Å². The summed E-state index contributed by atoms with van der Waals surface area (Å²) in [7, 11) is 0. The summed E-state index contributed by atoms with van der Waals surface area (Å²) in [4.78, 5) is 11.8. The Hall–Kier alpha value is -1.82. The van der Waals surface area contributed by atoms with Gasteiger partial charge < -0.3 is 9.73 Å². The molecule has 2 rings (SSSR count). The molecule has 1 amide bonds. The maximum Gasteiger partial charge on any atom is 0.277 e. The molecule has 2 aromatic rings. The van der Waals surface area contributed by atoms with E-state index in [1.54, 1.807) is 0 Å². The molecule has 21 heavy (non-hydrogen) atoms. The van der Waals surface area contributed by atoms with Crippen LogP contribution in [-0.4, -0.2) is 27.9 Å². The van der Waals surface area contributed by atoms with Gasteiger partial charge in [0.25, 0.3) is 5.22 Å². The number of carbonyl (C=O) groups is 1. The average molecular weight is 305 g/mol. The molecular weight excluding hydrogens is 286 g/mol. The standard InChI is InChI=1S/C15H19N3O2S/c1-4-8-16-13(19)11(3)21-15-18-17-14(20-15)12-7-5-6-10(2)9-12/h5-7,9,11H,4,8H2,1-3H3,(H,16,19)/t11-/m0/s1. The molecule has 0 fully saturated rings. The molecule has 1 heterocycles. The molecule has 0 unspecified atom stereocenters. The monoisotopic (exact) mass is 305 g/mol. The largest absolute Gasteiger partial charge is 0.411 e. The molecule has 0 saturated carbocycles. The van der Waals surface area contributed by atoms with E-state index in [0.717, 1.165) is 17.5 Å². The Labute approximate surface area is 128 Å². The van der Waals surface area contributed by atoms with Crippen LogP contribution in [0.1, 0.15) is 25.8 Å². The van der Waals surface area contributed by atoms with E-state index in [0.29, 0.717) is 17.7 Å². The lowest BCUT2D eigenvalue weighted by Gasteiger charge is -2.08. The Morgan fingerprint density at radius 3 is 2.95 bits per heavy atom. The molecule has 1 aromatic carbocycles. The first kappa shape index (κ1) is 15.6. The highest BCUT2D eigenvalue weighted by molar-refractivity contribution is 8.00. The van der Waals surface area contributed by atoms with Gasteiger partial charge in [-0.15, -0.1) is 10.2 Å². The van der Waals surface area contributed by atoms with Crippen molar-refractivity contribution in [3.63, 3.8) is 0 Å². The van der Waals surface area contributed by atoms with E-state index >= 15 is 0 Å². The average Bonchev–Trinajstić information content (AvgIpc) is 2.93. The number of benzene rings is 1. The van der Waals surface area contributed by atoms with E-state index in [-0.39, 0.29) is 11.2 Å². The number of aromatic nitrogens is 2. The lowest BCUT2D eigenvalue weighted by Crippen LogP contribution is -2.31. The Morgan fingerprint density at radius 1 is 1.43 bits per heavy atom. The molecule has 1 atom stereocenters.